The Morgan fingerprint density at radius 2 is 1.86 bits per heavy atom. The molecule has 1 aliphatic carbocycles. The maximum atomic E-state index is 10.9. The van der Waals surface area contributed by atoms with Gasteiger partial charge in [0.05, 0.1) is 5.25 Å². The third-order valence-corrected chi connectivity index (χ3v) is 5.14. The van der Waals surface area contributed by atoms with Crippen molar-refractivity contribution < 1.29 is 8.42 Å². The number of hydrogen-bond donors (Lipinski definition) is 1. The fraction of sp³-hybridized carbons (Fsp3) is 1.00. The van der Waals surface area contributed by atoms with Gasteiger partial charge in [0, 0.05) is 0 Å². The third kappa shape index (κ3) is 2.72. The predicted molar refractivity (Wildman–Crippen MR) is 60.1 cm³/mol. The molecule has 0 N–H and O–H groups in total. The van der Waals surface area contributed by atoms with Crippen molar-refractivity contribution in [2.75, 3.05) is 0 Å². The zero-order valence-corrected chi connectivity index (χ0v) is 10.3. The molecule has 0 amide bonds. The number of thiol groups is 1. The van der Waals surface area contributed by atoms with E-state index < -0.39 is 10.7 Å². The molecular weight excluding hydrogens is 196 g/mol. The van der Waals surface area contributed by atoms with Gasteiger partial charge in [-0.1, -0.05) is 27.2 Å². The van der Waals surface area contributed by atoms with Crippen molar-refractivity contribution in [1.82, 2.24) is 0 Å². The highest BCUT2D eigenvalue weighted by Gasteiger charge is 2.32. The largest absolute Gasteiger partial charge is 0.232 e. The SMILES string of the molecule is CC(C)C1(C)CCCC([SH](=O)=O)CC1. The van der Waals surface area contributed by atoms with Crippen LogP contribution in [0.3, 0.4) is 0 Å². The van der Waals surface area contributed by atoms with Crippen molar-refractivity contribution in [3.8, 4) is 0 Å². The highest BCUT2D eigenvalue weighted by Crippen LogP contribution is 2.41. The van der Waals surface area contributed by atoms with Gasteiger partial charge in [0.1, 0.15) is 10.7 Å². The molecular formula is C11H22O2S. The Hall–Kier alpha value is -0.0500. The van der Waals surface area contributed by atoms with Gasteiger partial charge in [-0.15, -0.1) is 0 Å². The van der Waals surface area contributed by atoms with E-state index in [2.05, 4.69) is 20.8 Å². The van der Waals surface area contributed by atoms with Crippen molar-refractivity contribution >= 4 is 10.7 Å². The monoisotopic (exact) mass is 218 g/mol. The second kappa shape index (κ2) is 4.65. The van der Waals surface area contributed by atoms with Crippen LogP contribution >= 0.6 is 0 Å². The molecule has 0 bridgehead atoms. The molecule has 0 heterocycles. The van der Waals surface area contributed by atoms with E-state index in [4.69, 9.17) is 0 Å². The summed E-state index contributed by atoms with van der Waals surface area (Å²) in [7, 11) is -2.20. The summed E-state index contributed by atoms with van der Waals surface area (Å²) in [5.74, 6) is 0.658. The van der Waals surface area contributed by atoms with Crippen molar-refractivity contribution in [3.63, 3.8) is 0 Å². The molecule has 0 aromatic heterocycles. The molecule has 2 nitrogen and oxygen atoms in total. The smallest absolute Gasteiger partial charge is 0.143 e. The van der Waals surface area contributed by atoms with Gasteiger partial charge in [-0.3, -0.25) is 0 Å². The van der Waals surface area contributed by atoms with Gasteiger partial charge in [0.25, 0.3) is 0 Å². The van der Waals surface area contributed by atoms with Crippen LogP contribution in [0.25, 0.3) is 0 Å². The summed E-state index contributed by atoms with van der Waals surface area (Å²) >= 11 is 0. The minimum atomic E-state index is -2.20. The van der Waals surface area contributed by atoms with Gasteiger partial charge in [0.15, 0.2) is 0 Å². The highest BCUT2D eigenvalue weighted by atomic mass is 32.2. The zero-order chi connectivity index (χ0) is 10.8. The van der Waals surface area contributed by atoms with Gasteiger partial charge in [0.2, 0.25) is 0 Å². The molecule has 0 spiro atoms. The molecule has 2 unspecified atom stereocenters. The molecule has 0 aliphatic heterocycles. The first-order valence-electron chi connectivity index (χ1n) is 5.59. The van der Waals surface area contributed by atoms with Crippen molar-refractivity contribution in [1.29, 1.82) is 0 Å². The maximum absolute atomic E-state index is 10.9. The Bertz CT molecular complexity index is 250. The standard InChI is InChI=1S/C11H22O2S/c1-9(2)11(3)7-4-5-10(6-8-11)14(12)13/h9-10,14H,4-8H2,1-3H3. The number of rotatable bonds is 2. The normalized spacial score (nSPS) is 34.8. The van der Waals surface area contributed by atoms with Gasteiger partial charge < -0.3 is 0 Å². The fourth-order valence-corrected chi connectivity index (χ4v) is 3.03. The molecule has 1 aliphatic rings. The molecule has 14 heavy (non-hydrogen) atoms. The highest BCUT2D eigenvalue weighted by molar-refractivity contribution is 7.73. The van der Waals surface area contributed by atoms with Crippen molar-refractivity contribution in [2.45, 2.75) is 58.1 Å². The summed E-state index contributed by atoms with van der Waals surface area (Å²) in [6.07, 6.45) is 5.07. The Morgan fingerprint density at radius 1 is 1.21 bits per heavy atom. The quantitative estimate of drug-likeness (QED) is 0.571. The van der Waals surface area contributed by atoms with Gasteiger partial charge in [-0.2, -0.15) is 0 Å². The molecule has 3 heteroatoms. The van der Waals surface area contributed by atoms with Crippen molar-refractivity contribution in [3.05, 3.63) is 0 Å². The molecule has 0 radical (unpaired) electrons. The molecule has 1 rings (SSSR count). The van der Waals surface area contributed by atoms with Crippen LogP contribution in [0.15, 0.2) is 0 Å². The Kier molecular flexibility index (Phi) is 3.99. The lowest BCUT2D eigenvalue weighted by molar-refractivity contribution is 0.185. The van der Waals surface area contributed by atoms with Gasteiger partial charge in [-0.05, 0) is 37.0 Å². The predicted octanol–water partition coefficient (Wildman–Crippen LogP) is 2.59. The summed E-state index contributed by atoms with van der Waals surface area (Å²) in [6.45, 7) is 6.80. The lowest BCUT2D eigenvalue weighted by Gasteiger charge is -2.32. The molecule has 1 saturated carbocycles. The van der Waals surface area contributed by atoms with Crippen LogP contribution in [0, 0.1) is 11.3 Å². The number of hydrogen-bond acceptors (Lipinski definition) is 2. The minimum Gasteiger partial charge on any atom is -0.232 e. The summed E-state index contributed by atoms with van der Waals surface area (Å²) in [6, 6.07) is 0. The Labute approximate surface area is 89.0 Å². The molecule has 2 atom stereocenters. The van der Waals surface area contributed by atoms with Crippen molar-refractivity contribution in [2.24, 2.45) is 11.3 Å². The van der Waals surface area contributed by atoms with E-state index in [9.17, 15) is 8.42 Å². The van der Waals surface area contributed by atoms with Crippen LogP contribution in [0.4, 0.5) is 0 Å². The average Bonchev–Trinajstić information content (AvgIpc) is 2.28. The molecule has 84 valence electrons. The molecule has 0 aromatic rings. The Balaban J connectivity index is 2.65. The van der Waals surface area contributed by atoms with E-state index in [1.165, 1.54) is 6.42 Å². The molecule has 0 saturated heterocycles. The first-order chi connectivity index (χ1) is 6.46. The van der Waals surface area contributed by atoms with E-state index in [-0.39, 0.29) is 5.25 Å². The van der Waals surface area contributed by atoms with Gasteiger partial charge >= 0.3 is 0 Å². The topological polar surface area (TPSA) is 34.1 Å². The molecule has 0 aromatic carbocycles. The van der Waals surface area contributed by atoms with E-state index >= 15 is 0 Å². The second-order valence-corrected chi connectivity index (χ2v) is 6.48. The summed E-state index contributed by atoms with van der Waals surface area (Å²) in [4.78, 5) is 0. The van der Waals surface area contributed by atoms with E-state index in [0.717, 1.165) is 25.7 Å². The van der Waals surface area contributed by atoms with Gasteiger partial charge in [-0.25, -0.2) is 8.42 Å². The molecule has 1 fully saturated rings. The van der Waals surface area contributed by atoms with Crippen LogP contribution in [0.1, 0.15) is 52.9 Å². The maximum Gasteiger partial charge on any atom is 0.143 e. The lowest BCUT2D eigenvalue weighted by Crippen LogP contribution is -2.22. The zero-order valence-electron chi connectivity index (χ0n) is 9.45. The van der Waals surface area contributed by atoms with Crippen LogP contribution in [-0.2, 0) is 10.7 Å². The minimum absolute atomic E-state index is 0.0504. The second-order valence-electron chi connectivity index (χ2n) is 5.18. The Morgan fingerprint density at radius 3 is 2.36 bits per heavy atom. The average molecular weight is 218 g/mol. The van der Waals surface area contributed by atoms with Crippen LogP contribution < -0.4 is 0 Å². The van der Waals surface area contributed by atoms with E-state index in [0.29, 0.717) is 11.3 Å². The third-order valence-electron chi connectivity index (χ3n) is 4.03. The van der Waals surface area contributed by atoms with Crippen LogP contribution in [0.2, 0.25) is 0 Å². The van der Waals surface area contributed by atoms with Crippen LogP contribution in [0.5, 0.6) is 0 Å². The lowest BCUT2D eigenvalue weighted by atomic mass is 9.73. The van der Waals surface area contributed by atoms with E-state index in [1.807, 2.05) is 0 Å². The fourth-order valence-electron chi connectivity index (χ4n) is 2.30. The van der Waals surface area contributed by atoms with E-state index in [1.54, 1.807) is 0 Å². The van der Waals surface area contributed by atoms with Crippen LogP contribution in [-0.4, -0.2) is 13.7 Å². The summed E-state index contributed by atoms with van der Waals surface area (Å²) in [5, 5.41) is -0.0504. The summed E-state index contributed by atoms with van der Waals surface area (Å²) < 4.78 is 21.9. The first-order valence-corrected chi connectivity index (χ1v) is 6.84. The summed E-state index contributed by atoms with van der Waals surface area (Å²) in [5.41, 5.74) is 0.361. The first kappa shape index (κ1) is 12.0.